The SMILES string of the molecule is CC(C)(C)c1cc(Cl)c2c(c1)CC(=O)N2.CC(C)(C)c1ccc2c(c1)CC(=O)N2.CC(C)(C)c1ccc2c(c1)CC(=O)N2.Cc1cc(C(C)(C)C)cc2c1NC(=O)C2. The number of rotatable bonds is 0. The average Bonchev–Trinajstić information content (AvgIpc) is 3.86. The lowest BCUT2D eigenvalue weighted by atomic mass is 9.84. The van der Waals surface area contributed by atoms with Crippen molar-refractivity contribution in [3.8, 4) is 0 Å². The standard InChI is InChI=1S/C13H17NO.C12H14ClNO.2C12H15NO/c1-8-5-10(13(2,3)4)6-9-7-11(15)14-12(8)9;1-12(2,3)8-4-7-5-10(15)14-11(7)9(13)6-8;2*1-12(2,3)9-4-5-10-8(6-9)7-11(14)13-10/h5-6H,7H2,1-4H3,(H,14,15);4,6H,5H2,1-3H3,(H,14,15);2*4-6H,7H2,1-3H3,(H,13,14). The number of amides is 4. The Hall–Kier alpha value is -4.95. The Kier molecular flexibility index (Phi) is 12.5. The molecule has 308 valence electrons. The van der Waals surface area contributed by atoms with Crippen LogP contribution in [-0.4, -0.2) is 23.6 Å². The molecule has 0 saturated carbocycles. The van der Waals surface area contributed by atoms with E-state index in [1.807, 2.05) is 18.2 Å². The topological polar surface area (TPSA) is 116 Å². The highest BCUT2D eigenvalue weighted by atomic mass is 35.5. The molecule has 8 nitrogen and oxygen atoms in total. The van der Waals surface area contributed by atoms with Gasteiger partial charge >= 0.3 is 0 Å². The molecule has 0 fully saturated rings. The van der Waals surface area contributed by atoms with Crippen molar-refractivity contribution >= 4 is 58.0 Å². The van der Waals surface area contributed by atoms with Gasteiger partial charge in [-0.05, 0) is 96.9 Å². The molecule has 4 aromatic carbocycles. The van der Waals surface area contributed by atoms with E-state index in [1.54, 1.807) is 0 Å². The zero-order valence-corrected chi connectivity index (χ0v) is 37.4. The molecule has 4 amide bonds. The first-order valence-corrected chi connectivity index (χ1v) is 20.5. The number of benzene rings is 4. The van der Waals surface area contributed by atoms with E-state index in [9.17, 15) is 19.2 Å². The molecule has 4 aliphatic heterocycles. The molecule has 4 aliphatic rings. The fourth-order valence-electron chi connectivity index (χ4n) is 7.09. The Bertz CT molecular complexity index is 2120. The predicted octanol–water partition coefficient (Wildman–Crippen LogP) is 10.9. The van der Waals surface area contributed by atoms with Crippen molar-refractivity contribution in [1.82, 2.24) is 0 Å². The summed E-state index contributed by atoms with van der Waals surface area (Å²) >= 11 is 6.13. The van der Waals surface area contributed by atoms with Gasteiger partial charge < -0.3 is 21.3 Å². The van der Waals surface area contributed by atoms with E-state index in [2.05, 4.69) is 154 Å². The third-order valence-electron chi connectivity index (χ3n) is 10.7. The van der Waals surface area contributed by atoms with E-state index in [4.69, 9.17) is 11.6 Å². The van der Waals surface area contributed by atoms with Gasteiger partial charge in [-0.15, -0.1) is 0 Å². The first-order valence-electron chi connectivity index (χ1n) is 20.1. The van der Waals surface area contributed by atoms with Crippen LogP contribution in [0.25, 0.3) is 0 Å². The molecule has 0 spiro atoms. The van der Waals surface area contributed by atoms with Gasteiger partial charge in [0.1, 0.15) is 0 Å². The van der Waals surface area contributed by atoms with Crippen LogP contribution in [0.15, 0.2) is 60.7 Å². The highest BCUT2D eigenvalue weighted by molar-refractivity contribution is 6.34. The molecule has 0 bridgehead atoms. The number of aryl methyl sites for hydroxylation is 1. The minimum absolute atomic E-state index is 0.0259. The summed E-state index contributed by atoms with van der Waals surface area (Å²) in [6.07, 6.45) is 2.03. The third-order valence-corrected chi connectivity index (χ3v) is 11.0. The lowest BCUT2D eigenvalue weighted by Gasteiger charge is -2.21. The highest BCUT2D eigenvalue weighted by Crippen LogP contribution is 2.37. The summed E-state index contributed by atoms with van der Waals surface area (Å²) < 4.78 is 0. The molecule has 4 heterocycles. The summed E-state index contributed by atoms with van der Waals surface area (Å²) in [5, 5.41) is 12.0. The van der Waals surface area contributed by atoms with E-state index < -0.39 is 0 Å². The summed E-state index contributed by atoms with van der Waals surface area (Å²) in [5.41, 5.74) is 14.9. The maximum Gasteiger partial charge on any atom is 0.228 e. The van der Waals surface area contributed by atoms with E-state index in [1.165, 1.54) is 27.8 Å². The molecule has 0 aliphatic carbocycles. The van der Waals surface area contributed by atoms with Crippen molar-refractivity contribution in [2.45, 2.75) is 137 Å². The van der Waals surface area contributed by atoms with Gasteiger partial charge in [0.25, 0.3) is 0 Å². The van der Waals surface area contributed by atoms with Gasteiger partial charge in [-0.3, -0.25) is 19.2 Å². The monoisotopic (exact) mass is 804 g/mol. The lowest BCUT2D eigenvalue weighted by Crippen LogP contribution is -2.11. The molecular weight excluding hydrogens is 744 g/mol. The van der Waals surface area contributed by atoms with Gasteiger partial charge in [0, 0.05) is 17.1 Å². The van der Waals surface area contributed by atoms with E-state index >= 15 is 0 Å². The largest absolute Gasteiger partial charge is 0.326 e. The van der Waals surface area contributed by atoms with E-state index in [0.29, 0.717) is 30.7 Å². The quantitative estimate of drug-likeness (QED) is 0.142. The molecule has 4 aromatic rings. The maximum absolute atomic E-state index is 11.3. The van der Waals surface area contributed by atoms with Gasteiger partial charge in [-0.2, -0.15) is 0 Å². The Morgan fingerprint density at radius 3 is 1.16 bits per heavy atom. The van der Waals surface area contributed by atoms with Crippen LogP contribution in [0.3, 0.4) is 0 Å². The van der Waals surface area contributed by atoms with Gasteiger partial charge in [0.2, 0.25) is 23.6 Å². The molecule has 8 rings (SSSR count). The number of carbonyl (C=O) groups is 4. The second-order valence-corrected chi connectivity index (χ2v) is 20.4. The number of fused-ring (bicyclic) bond motifs is 4. The Morgan fingerprint density at radius 1 is 0.414 bits per heavy atom. The molecule has 0 atom stereocenters. The normalized spacial score (nSPS) is 15.1. The average molecular weight is 806 g/mol. The van der Waals surface area contributed by atoms with Crippen LogP contribution < -0.4 is 21.3 Å². The summed E-state index contributed by atoms with van der Waals surface area (Å²) in [6.45, 7) is 28.1. The first kappa shape index (κ1) is 44.2. The molecule has 0 saturated heterocycles. The smallest absolute Gasteiger partial charge is 0.228 e. The van der Waals surface area contributed by atoms with Crippen molar-refractivity contribution in [1.29, 1.82) is 0 Å². The van der Waals surface area contributed by atoms with Crippen LogP contribution in [0.4, 0.5) is 22.7 Å². The Labute approximate surface area is 350 Å². The van der Waals surface area contributed by atoms with Gasteiger partial charge in [-0.1, -0.05) is 137 Å². The van der Waals surface area contributed by atoms with Crippen LogP contribution in [0, 0.1) is 6.92 Å². The van der Waals surface area contributed by atoms with Crippen LogP contribution >= 0.6 is 11.6 Å². The van der Waals surface area contributed by atoms with Crippen molar-refractivity contribution in [3.05, 3.63) is 116 Å². The van der Waals surface area contributed by atoms with Gasteiger partial charge in [0.05, 0.1) is 36.4 Å². The van der Waals surface area contributed by atoms with Crippen LogP contribution in [0.1, 0.15) is 133 Å². The van der Waals surface area contributed by atoms with Crippen molar-refractivity contribution in [2.24, 2.45) is 0 Å². The molecule has 0 unspecified atom stereocenters. The van der Waals surface area contributed by atoms with Crippen molar-refractivity contribution in [2.75, 3.05) is 21.3 Å². The highest BCUT2D eigenvalue weighted by Gasteiger charge is 2.26. The summed E-state index contributed by atoms with van der Waals surface area (Å²) in [6, 6.07) is 20.8. The fraction of sp³-hybridized carbons (Fsp3) is 0.429. The summed E-state index contributed by atoms with van der Waals surface area (Å²) in [5.74, 6) is 0.342. The Balaban J connectivity index is 0.000000147. The third kappa shape index (κ3) is 10.8. The predicted molar refractivity (Wildman–Crippen MR) is 240 cm³/mol. The molecule has 9 heteroatoms. The van der Waals surface area contributed by atoms with Crippen molar-refractivity contribution in [3.63, 3.8) is 0 Å². The van der Waals surface area contributed by atoms with Crippen LogP contribution in [0.5, 0.6) is 0 Å². The number of halogens is 1. The Morgan fingerprint density at radius 2 is 0.741 bits per heavy atom. The molecule has 0 radical (unpaired) electrons. The number of carbonyl (C=O) groups excluding carboxylic acids is 4. The van der Waals surface area contributed by atoms with Gasteiger partial charge in [-0.25, -0.2) is 0 Å². The number of hydrogen-bond acceptors (Lipinski definition) is 4. The zero-order chi connectivity index (χ0) is 43.1. The van der Waals surface area contributed by atoms with E-state index in [-0.39, 0.29) is 45.3 Å². The minimum atomic E-state index is 0.0259. The second-order valence-electron chi connectivity index (χ2n) is 20.0. The van der Waals surface area contributed by atoms with Gasteiger partial charge in [0.15, 0.2) is 0 Å². The molecule has 0 aromatic heterocycles. The number of anilines is 4. The van der Waals surface area contributed by atoms with Crippen molar-refractivity contribution < 1.29 is 19.2 Å². The summed E-state index contributed by atoms with van der Waals surface area (Å²) in [4.78, 5) is 44.8. The molecule has 58 heavy (non-hydrogen) atoms. The van der Waals surface area contributed by atoms with Crippen LogP contribution in [0.2, 0.25) is 5.02 Å². The second kappa shape index (κ2) is 16.4. The minimum Gasteiger partial charge on any atom is -0.326 e. The van der Waals surface area contributed by atoms with E-state index in [0.717, 1.165) is 45.0 Å². The zero-order valence-electron chi connectivity index (χ0n) is 36.6. The first-order chi connectivity index (χ1) is 26.7. The van der Waals surface area contributed by atoms with Crippen LogP contribution in [-0.2, 0) is 66.5 Å². The molecule has 4 N–H and O–H groups in total. The maximum atomic E-state index is 11.3. The number of nitrogens with one attached hydrogen (secondary N) is 4. The fourth-order valence-corrected chi connectivity index (χ4v) is 7.38. The summed E-state index contributed by atoms with van der Waals surface area (Å²) in [7, 11) is 0. The lowest BCUT2D eigenvalue weighted by molar-refractivity contribution is -0.115. The molecular formula is C49H61ClN4O4. The number of hydrogen-bond donors (Lipinski definition) is 4.